The van der Waals surface area contributed by atoms with Crippen molar-refractivity contribution in [3.05, 3.63) is 101 Å². The van der Waals surface area contributed by atoms with E-state index in [0.717, 1.165) is 17.0 Å². The normalized spacial score (nSPS) is 11.1. The Morgan fingerprint density at radius 1 is 0.972 bits per heavy atom. The van der Waals surface area contributed by atoms with Crippen molar-refractivity contribution in [3.63, 3.8) is 0 Å². The van der Waals surface area contributed by atoms with Gasteiger partial charge in [0, 0.05) is 18.9 Å². The van der Waals surface area contributed by atoms with Crippen LogP contribution in [0, 0.1) is 6.92 Å². The summed E-state index contributed by atoms with van der Waals surface area (Å²) in [6, 6.07) is 20.9. The molecule has 0 aliphatic heterocycles. The average Bonchev–Trinajstić information content (AvgIpc) is 3.56. The van der Waals surface area contributed by atoms with Gasteiger partial charge in [-0.25, -0.2) is 9.36 Å². The third-order valence-electron chi connectivity index (χ3n) is 5.79. The van der Waals surface area contributed by atoms with Crippen LogP contribution in [0.15, 0.2) is 83.9 Å². The lowest BCUT2D eigenvalue weighted by Gasteiger charge is -2.10. The molecule has 0 fully saturated rings. The van der Waals surface area contributed by atoms with Crippen molar-refractivity contribution in [1.82, 2.24) is 29.4 Å². The van der Waals surface area contributed by atoms with Crippen LogP contribution in [0.25, 0.3) is 22.4 Å². The molecule has 1 amide bonds. The second-order valence-electron chi connectivity index (χ2n) is 8.29. The molecule has 5 aromatic rings. The third kappa shape index (κ3) is 4.50. The molecule has 3 heterocycles. The van der Waals surface area contributed by atoms with Gasteiger partial charge in [0.1, 0.15) is 23.2 Å². The highest BCUT2D eigenvalue weighted by Crippen LogP contribution is 2.24. The van der Waals surface area contributed by atoms with E-state index in [0.29, 0.717) is 35.6 Å². The van der Waals surface area contributed by atoms with Crippen LogP contribution in [0.1, 0.15) is 18.2 Å². The number of hydrogen-bond acceptors (Lipinski definition) is 5. The molecule has 9 heteroatoms. The highest BCUT2D eigenvalue weighted by molar-refractivity contribution is 5.88. The minimum atomic E-state index is -0.377. The van der Waals surface area contributed by atoms with E-state index in [1.54, 1.807) is 11.6 Å². The van der Waals surface area contributed by atoms with Crippen LogP contribution in [0.2, 0.25) is 0 Å². The summed E-state index contributed by atoms with van der Waals surface area (Å²) in [5.74, 6) is 1.07. The maximum absolute atomic E-state index is 13.6. The number of carbonyl (C=O) groups is 1. The van der Waals surface area contributed by atoms with Gasteiger partial charge in [0.25, 0.3) is 5.56 Å². The summed E-state index contributed by atoms with van der Waals surface area (Å²) >= 11 is 0. The van der Waals surface area contributed by atoms with Gasteiger partial charge in [0.2, 0.25) is 5.91 Å². The number of para-hydroxylation sites is 1. The first-order chi connectivity index (χ1) is 17.5. The van der Waals surface area contributed by atoms with Crippen molar-refractivity contribution in [2.24, 2.45) is 0 Å². The number of hydrogen-bond donors (Lipinski definition) is 1. The van der Waals surface area contributed by atoms with Gasteiger partial charge in [0.15, 0.2) is 5.82 Å². The van der Waals surface area contributed by atoms with Crippen LogP contribution < -0.4 is 15.6 Å². The zero-order valence-corrected chi connectivity index (χ0v) is 20.1. The number of ether oxygens (including phenoxy) is 1. The van der Waals surface area contributed by atoms with Gasteiger partial charge in [-0.3, -0.25) is 9.59 Å². The topological polar surface area (TPSA) is 96.0 Å². The molecule has 0 saturated heterocycles. The van der Waals surface area contributed by atoms with E-state index in [4.69, 9.17) is 9.84 Å². The summed E-state index contributed by atoms with van der Waals surface area (Å²) in [7, 11) is 0. The first-order valence-corrected chi connectivity index (χ1v) is 11.7. The predicted octanol–water partition coefficient (Wildman–Crippen LogP) is 3.40. The Kier molecular flexibility index (Phi) is 6.36. The third-order valence-corrected chi connectivity index (χ3v) is 5.79. The van der Waals surface area contributed by atoms with Gasteiger partial charge >= 0.3 is 0 Å². The van der Waals surface area contributed by atoms with Gasteiger partial charge in [0.05, 0.1) is 18.0 Å². The molecule has 0 bridgehead atoms. The zero-order chi connectivity index (χ0) is 25.1. The van der Waals surface area contributed by atoms with Crippen LogP contribution >= 0.6 is 0 Å². The molecule has 182 valence electrons. The van der Waals surface area contributed by atoms with E-state index in [1.165, 1.54) is 4.68 Å². The largest absolute Gasteiger partial charge is 0.494 e. The Morgan fingerprint density at radius 2 is 1.69 bits per heavy atom. The Hall–Kier alpha value is -4.66. The summed E-state index contributed by atoms with van der Waals surface area (Å²) < 4.78 is 10.2. The van der Waals surface area contributed by atoms with Crippen LogP contribution in [0.4, 0.5) is 0 Å². The lowest BCUT2D eigenvalue weighted by atomic mass is 10.2. The monoisotopic (exact) mass is 482 g/mol. The maximum Gasteiger partial charge on any atom is 0.280 e. The van der Waals surface area contributed by atoms with Crippen molar-refractivity contribution in [1.29, 1.82) is 0 Å². The molecule has 0 spiro atoms. The van der Waals surface area contributed by atoms with Crippen LogP contribution in [-0.2, 0) is 17.9 Å². The number of aryl methyl sites for hydroxylation is 1. The second kappa shape index (κ2) is 9.91. The molecule has 1 N–H and O–H groups in total. The Morgan fingerprint density at radius 3 is 2.39 bits per heavy atom. The molecule has 0 aliphatic rings. The molecular formula is C27H26N6O3. The molecule has 36 heavy (non-hydrogen) atoms. The molecular weight excluding hydrogens is 456 g/mol. The Labute approximate surface area is 207 Å². The van der Waals surface area contributed by atoms with Gasteiger partial charge in [-0.2, -0.15) is 10.2 Å². The summed E-state index contributed by atoms with van der Waals surface area (Å²) in [4.78, 5) is 26.3. The number of rotatable bonds is 8. The summed E-state index contributed by atoms with van der Waals surface area (Å²) in [6.07, 6.45) is 3.72. The van der Waals surface area contributed by atoms with Crippen molar-refractivity contribution < 1.29 is 9.53 Å². The first-order valence-electron chi connectivity index (χ1n) is 11.7. The number of nitrogens with zero attached hydrogens (tertiary/aromatic N) is 5. The van der Waals surface area contributed by atoms with Crippen molar-refractivity contribution >= 4 is 16.8 Å². The van der Waals surface area contributed by atoms with Gasteiger partial charge in [-0.15, -0.1) is 0 Å². The Bertz CT molecular complexity index is 1550. The fourth-order valence-electron chi connectivity index (χ4n) is 4.10. The first kappa shape index (κ1) is 23.1. The maximum atomic E-state index is 13.6. The SMILES string of the molecule is CCOc1ccc(CNC(=O)Cn2nc(C)c3nn(-c4ccccc4)c(-n4cccc4)c3c2=O)cc1. The van der Waals surface area contributed by atoms with E-state index >= 15 is 0 Å². The predicted molar refractivity (Wildman–Crippen MR) is 137 cm³/mol. The standard InChI is InChI=1S/C27H26N6O3/c1-3-36-22-13-11-20(12-14-22)17-28-23(34)18-32-27(35)24-25(19(2)29-32)30-33(21-9-5-4-6-10-21)26(24)31-15-7-8-16-31/h4-16H,3,17-18H2,1-2H3,(H,28,34). The molecule has 0 radical (unpaired) electrons. The van der Waals surface area contributed by atoms with Crippen LogP contribution in [-0.4, -0.2) is 36.6 Å². The number of nitrogens with one attached hydrogen (secondary N) is 1. The smallest absolute Gasteiger partial charge is 0.280 e. The van der Waals surface area contributed by atoms with Gasteiger partial charge in [-0.1, -0.05) is 30.3 Å². The van der Waals surface area contributed by atoms with Gasteiger partial charge < -0.3 is 14.6 Å². The molecule has 0 atom stereocenters. The van der Waals surface area contributed by atoms with Crippen LogP contribution in [0.3, 0.4) is 0 Å². The molecule has 9 nitrogen and oxygen atoms in total. The highest BCUT2D eigenvalue weighted by Gasteiger charge is 2.22. The van der Waals surface area contributed by atoms with E-state index < -0.39 is 0 Å². The highest BCUT2D eigenvalue weighted by atomic mass is 16.5. The van der Waals surface area contributed by atoms with Crippen molar-refractivity contribution in [2.45, 2.75) is 26.9 Å². The number of aromatic nitrogens is 5. The zero-order valence-electron chi connectivity index (χ0n) is 20.1. The second-order valence-corrected chi connectivity index (χ2v) is 8.29. The van der Waals surface area contributed by atoms with Crippen molar-refractivity contribution in [3.8, 4) is 17.3 Å². The quantitative estimate of drug-likeness (QED) is 0.366. The van der Waals surface area contributed by atoms with E-state index in [-0.39, 0.29) is 18.0 Å². The van der Waals surface area contributed by atoms with E-state index in [1.807, 2.05) is 90.6 Å². The minimum absolute atomic E-state index is 0.200. The number of fused-ring (bicyclic) bond motifs is 1. The fourth-order valence-corrected chi connectivity index (χ4v) is 4.10. The van der Waals surface area contributed by atoms with E-state index in [2.05, 4.69) is 10.4 Å². The van der Waals surface area contributed by atoms with Crippen LogP contribution in [0.5, 0.6) is 5.75 Å². The number of amides is 1. The minimum Gasteiger partial charge on any atom is -0.494 e. The van der Waals surface area contributed by atoms with Crippen molar-refractivity contribution in [2.75, 3.05) is 6.61 Å². The summed E-state index contributed by atoms with van der Waals surface area (Å²) in [5, 5.41) is 12.4. The lowest BCUT2D eigenvalue weighted by Crippen LogP contribution is -2.34. The van der Waals surface area contributed by atoms with E-state index in [9.17, 15) is 9.59 Å². The average molecular weight is 483 g/mol. The summed E-state index contributed by atoms with van der Waals surface area (Å²) in [6.45, 7) is 4.45. The molecule has 5 rings (SSSR count). The van der Waals surface area contributed by atoms with Gasteiger partial charge in [-0.05, 0) is 55.8 Å². The number of carbonyl (C=O) groups excluding carboxylic acids is 1. The summed E-state index contributed by atoms with van der Waals surface area (Å²) in [5.41, 5.74) is 2.43. The molecule has 0 saturated carbocycles. The number of benzene rings is 2. The Balaban J connectivity index is 1.47. The lowest BCUT2D eigenvalue weighted by molar-refractivity contribution is -0.122. The molecule has 2 aromatic carbocycles. The fraction of sp³-hybridized carbons (Fsp3) is 0.185. The molecule has 0 aliphatic carbocycles. The molecule has 3 aromatic heterocycles. The molecule has 0 unspecified atom stereocenters.